The molecule has 0 aliphatic rings. The van der Waals surface area contributed by atoms with Crippen LogP contribution >= 0.6 is 0 Å². The van der Waals surface area contributed by atoms with E-state index in [1.165, 1.54) is 0 Å². The molecule has 0 fully saturated rings. The van der Waals surface area contributed by atoms with Crippen molar-refractivity contribution >= 4 is 17.5 Å². The van der Waals surface area contributed by atoms with Gasteiger partial charge in [0, 0.05) is 20.1 Å². The van der Waals surface area contributed by atoms with E-state index in [0.717, 1.165) is 0 Å². The normalized spacial score (nSPS) is 11.8. The summed E-state index contributed by atoms with van der Waals surface area (Å²) in [5.41, 5.74) is 0.863. The highest BCUT2D eigenvalue weighted by Gasteiger charge is 2.13. The Morgan fingerprint density at radius 3 is 2.71 bits per heavy atom. The van der Waals surface area contributed by atoms with E-state index in [4.69, 9.17) is 4.74 Å². The number of hydrogen-bond acceptors (Lipinski definition) is 4. The number of methoxy groups -OCH3 is 1. The number of carbonyl (C=O) groups excluding carboxylic acids is 2. The van der Waals surface area contributed by atoms with Crippen molar-refractivity contribution < 1.29 is 19.4 Å². The number of benzene rings is 1. The molecule has 0 aromatic heterocycles. The van der Waals surface area contributed by atoms with Gasteiger partial charge in [0.2, 0.25) is 5.91 Å². The van der Waals surface area contributed by atoms with E-state index in [1.807, 2.05) is 0 Å². The van der Waals surface area contributed by atoms with Gasteiger partial charge in [-0.1, -0.05) is 12.1 Å². The summed E-state index contributed by atoms with van der Waals surface area (Å²) in [4.78, 5) is 23.8. The van der Waals surface area contributed by atoms with Gasteiger partial charge in [-0.05, 0) is 25.5 Å². The van der Waals surface area contributed by atoms with Crippen LogP contribution in [0.15, 0.2) is 24.3 Å². The average Bonchev–Trinajstić information content (AvgIpc) is 2.46. The number of nitrogens with one attached hydrogen (secondary N) is 2. The second-order valence-corrected chi connectivity index (χ2v) is 4.73. The molecule has 2 amide bonds. The minimum Gasteiger partial charge on any atom is -0.393 e. The number of aliphatic hydroxyl groups excluding tert-OH is 1. The van der Waals surface area contributed by atoms with Gasteiger partial charge in [0.25, 0.3) is 5.91 Å². The maximum Gasteiger partial charge on any atom is 0.253 e. The van der Waals surface area contributed by atoms with Crippen LogP contribution in [0.4, 0.5) is 5.69 Å². The number of ether oxygens (including phenoxy) is 1. The molecule has 1 atom stereocenters. The second kappa shape index (κ2) is 9.10. The zero-order valence-corrected chi connectivity index (χ0v) is 12.4. The van der Waals surface area contributed by atoms with Crippen molar-refractivity contribution in [2.24, 2.45) is 0 Å². The van der Waals surface area contributed by atoms with Gasteiger partial charge < -0.3 is 20.5 Å². The van der Waals surface area contributed by atoms with Crippen molar-refractivity contribution in [3.05, 3.63) is 29.8 Å². The van der Waals surface area contributed by atoms with Gasteiger partial charge in [0.15, 0.2) is 0 Å². The van der Waals surface area contributed by atoms with Crippen LogP contribution in [0.25, 0.3) is 0 Å². The van der Waals surface area contributed by atoms with E-state index in [0.29, 0.717) is 30.8 Å². The van der Waals surface area contributed by atoms with Crippen LogP contribution in [0.3, 0.4) is 0 Å². The summed E-state index contributed by atoms with van der Waals surface area (Å²) in [6.45, 7) is 2.46. The Balaban J connectivity index is 2.66. The van der Waals surface area contributed by atoms with E-state index >= 15 is 0 Å². The quantitative estimate of drug-likeness (QED) is 0.628. The molecule has 0 spiro atoms. The Kier molecular flexibility index (Phi) is 7.42. The molecule has 6 nitrogen and oxygen atoms in total. The number of rotatable bonds is 8. The molecule has 0 radical (unpaired) electrons. The summed E-state index contributed by atoms with van der Waals surface area (Å²) in [6.07, 6.45) is 0.0639. The topological polar surface area (TPSA) is 87.7 Å². The minimum atomic E-state index is -0.525. The summed E-state index contributed by atoms with van der Waals surface area (Å²) >= 11 is 0. The number of para-hydroxylation sites is 1. The predicted molar refractivity (Wildman–Crippen MR) is 80.2 cm³/mol. The van der Waals surface area contributed by atoms with Crippen LogP contribution in [-0.4, -0.2) is 43.3 Å². The zero-order chi connectivity index (χ0) is 15.7. The average molecular weight is 294 g/mol. The van der Waals surface area contributed by atoms with E-state index in [-0.39, 0.29) is 18.2 Å². The summed E-state index contributed by atoms with van der Waals surface area (Å²) in [7, 11) is 1.56. The second-order valence-electron chi connectivity index (χ2n) is 4.73. The fourth-order valence-electron chi connectivity index (χ4n) is 1.70. The lowest BCUT2D eigenvalue weighted by atomic mass is 10.1. The Morgan fingerprint density at radius 1 is 1.33 bits per heavy atom. The molecule has 0 bridgehead atoms. The Hall–Kier alpha value is -1.92. The standard InChI is InChI=1S/C15H22N2O4/c1-11(18)7-8-14(19)17-13-6-4-3-5-12(13)15(20)16-9-10-21-2/h3-6,11,18H,7-10H2,1-2H3,(H,16,20)(H,17,19). The first-order chi connectivity index (χ1) is 10.0. The molecule has 1 aromatic carbocycles. The van der Waals surface area contributed by atoms with Crippen LogP contribution in [0.1, 0.15) is 30.1 Å². The van der Waals surface area contributed by atoms with Gasteiger partial charge >= 0.3 is 0 Å². The SMILES string of the molecule is COCCNC(=O)c1ccccc1NC(=O)CCC(C)O. The fraction of sp³-hybridized carbons (Fsp3) is 0.467. The molecule has 21 heavy (non-hydrogen) atoms. The summed E-state index contributed by atoms with van der Waals surface area (Å²) in [6, 6.07) is 6.80. The van der Waals surface area contributed by atoms with Crippen molar-refractivity contribution in [2.45, 2.75) is 25.9 Å². The fourth-order valence-corrected chi connectivity index (χ4v) is 1.70. The van der Waals surface area contributed by atoms with Crippen LogP contribution < -0.4 is 10.6 Å². The van der Waals surface area contributed by atoms with Crippen molar-refractivity contribution in [1.29, 1.82) is 0 Å². The highest BCUT2D eigenvalue weighted by molar-refractivity contribution is 6.03. The molecule has 3 N–H and O–H groups in total. The summed E-state index contributed by atoms with van der Waals surface area (Å²) in [5.74, 6) is -0.494. The molecule has 0 saturated carbocycles. The zero-order valence-electron chi connectivity index (χ0n) is 12.4. The van der Waals surface area contributed by atoms with E-state index in [1.54, 1.807) is 38.3 Å². The number of aliphatic hydroxyl groups is 1. The van der Waals surface area contributed by atoms with Crippen molar-refractivity contribution in [2.75, 3.05) is 25.6 Å². The van der Waals surface area contributed by atoms with E-state index in [2.05, 4.69) is 10.6 Å². The molecule has 0 aliphatic heterocycles. The Morgan fingerprint density at radius 2 is 2.05 bits per heavy atom. The molecular weight excluding hydrogens is 272 g/mol. The number of hydrogen-bond donors (Lipinski definition) is 3. The molecule has 0 aliphatic carbocycles. The van der Waals surface area contributed by atoms with Crippen LogP contribution in [-0.2, 0) is 9.53 Å². The maximum atomic E-state index is 12.0. The van der Waals surface area contributed by atoms with Gasteiger partial charge in [0.1, 0.15) is 0 Å². The van der Waals surface area contributed by atoms with Gasteiger partial charge in [-0.2, -0.15) is 0 Å². The smallest absolute Gasteiger partial charge is 0.253 e. The molecule has 1 aromatic rings. The Bertz CT molecular complexity index is 474. The third kappa shape index (κ3) is 6.37. The summed E-state index contributed by atoms with van der Waals surface area (Å²) < 4.78 is 4.87. The van der Waals surface area contributed by atoms with Crippen LogP contribution in [0, 0.1) is 0 Å². The number of amides is 2. The predicted octanol–water partition coefficient (Wildman–Crippen LogP) is 1.16. The molecule has 1 unspecified atom stereocenters. The molecule has 0 heterocycles. The lowest BCUT2D eigenvalue weighted by Crippen LogP contribution is -2.28. The van der Waals surface area contributed by atoms with Crippen molar-refractivity contribution in [3.63, 3.8) is 0 Å². The van der Waals surface area contributed by atoms with Crippen LogP contribution in [0.2, 0.25) is 0 Å². The minimum absolute atomic E-state index is 0.206. The monoisotopic (exact) mass is 294 g/mol. The molecular formula is C15H22N2O4. The first kappa shape index (κ1) is 17.1. The largest absolute Gasteiger partial charge is 0.393 e. The van der Waals surface area contributed by atoms with Crippen molar-refractivity contribution in [1.82, 2.24) is 5.32 Å². The first-order valence-corrected chi connectivity index (χ1v) is 6.88. The lowest BCUT2D eigenvalue weighted by molar-refractivity contribution is -0.116. The van der Waals surface area contributed by atoms with Gasteiger partial charge in [0.05, 0.1) is 24.0 Å². The highest BCUT2D eigenvalue weighted by Crippen LogP contribution is 2.15. The molecule has 116 valence electrons. The highest BCUT2D eigenvalue weighted by atomic mass is 16.5. The van der Waals surface area contributed by atoms with Crippen LogP contribution in [0.5, 0.6) is 0 Å². The third-order valence-electron chi connectivity index (χ3n) is 2.83. The molecule has 1 rings (SSSR count). The van der Waals surface area contributed by atoms with Gasteiger partial charge in [-0.3, -0.25) is 9.59 Å². The lowest BCUT2D eigenvalue weighted by Gasteiger charge is -2.11. The maximum absolute atomic E-state index is 12.0. The number of carbonyl (C=O) groups is 2. The number of anilines is 1. The first-order valence-electron chi connectivity index (χ1n) is 6.88. The van der Waals surface area contributed by atoms with Gasteiger partial charge in [-0.15, -0.1) is 0 Å². The van der Waals surface area contributed by atoms with Crippen molar-refractivity contribution in [3.8, 4) is 0 Å². The Labute approximate surface area is 124 Å². The molecule has 6 heteroatoms. The molecule has 0 saturated heterocycles. The van der Waals surface area contributed by atoms with Gasteiger partial charge in [-0.25, -0.2) is 0 Å². The van der Waals surface area contributed by atoms with E-state index in [9.17, 15) is 14.7 Å². The summed E-state index contributed by atoms with van der Waals surface area (Å²) in [5, 5.41) is 14.6. The third-order valence-corrected chi connectivity index (χ3v) is 2.83. The van der Waals surface area contributed by atoms with E-state index < -0.39 is 6.10 Å².